The number of carbonyl (C=O) groups is 2. The van der Waals surface area contributed by atoms with Crippen molar-refractivity contribution in [1.82, 2.24) is 16.0 Å². The van der Waals surface area contributed by atoms with E-state index in [1.165, 1.54) is 5.56 Å². The molecule has 0 atom stereocenters. The number of urea groups is 1. The van der Waals surface area contributed by atoms with Crippen LogP contribution in [0.25, 0.3) is 0 Å². The number of hydrogen-bond acceptors (Lipinski definition) is 2. The molecule has 0 aliphatic heterocycles. The van der Waals surface area contributed by atoms with Crippen molar-refractivity contribution in [3.8, 4) is 0 Å². The Morgan fingerprint density at radius 2 is 1.57 bits per heavy atom. The first-order valence-electron chi connectivity index (χ1n) is 9.75. The van der Waals surface area contributed by atoms with Crippen molar-refractivity contribution in [3.05, 3.63) is 70.7 Å². The molecule has 5 nitrogen and oxygen atoms in total. The molecule has 3 N–H and O–H groups in total. The predicted octanol–water partition coefficient (Wildman–Crippen LogP) is 3.92. The van der Waals surface area contributed by atoms with Gasteiger partial charge in [-0.25, -0.2) is 4.79 Å². The first-order valence-corrected chi connectivity index (χ1v) is 10.1. The average Bonchev–Trinajstić information content (AvgIpc) is 2.70. The average molecular weight is 400 g/mol. The van der Waals surface area contributed by atoms with Crippen LogP contribution in [0.2, 0.25) is 5.02 Å². The molecule has 0 bridgehead atoms. The minimum Gasteiger partial charge on any atom is -0.349 e. The van der Waals surface area contributed by atoms with Gasteiger partial charge >= 0.3 is 6.03 Å². The highest BCUT2D eigenvalue weighted by atomic mass is 35.5. The minimum absolute atomic E-state index is 0.0995. The van der Waals surface area contributed by atoms with Crippen molar-refractivity contribution in [2.75, 3.05) is 6.54 Å². The van der Waals surface area contributed by atoms with Gasteiger partial charge in [-0.15, -0.1) is 0 Å². The second kappa shape index (κ2) is 10.1. The number of halogens is 1. The second-order valence-corrected chi connectivity index (χ2v) is 7.60. The zero-order valence-electron chi connectivity index (χ0n) is 15.8. The van der Waals surface area contributed by atoms with Crippen molar-refractivity contribution in [2.45, 2.75) is 44.2 Å². The van der Waals surface area contributed by atoms with Gasteiger partial charge in [-0.3, -0.25) is 4.79 Å². The summed E-state index contributed by atoms with van der Waals surface area (Å²) in [6.07, 6.45) is 4.22. The van der Waals surface area contributed by atoms with Gasteiger partial charge in [0.25, 0.3) is 5.91 Å². The molecular formula is C22H26ClN3O2. The van der Waals surface area contributed by atoms with Gasteiger partial charge in [0.2, 0.25) is 0 Å². The van der Waals surface area contributed by atoms with Crippen LogP contribution >= 0.6 is 11.6 Å². The minimum atomic E-state index is -0.123. The highest BCUT2D eigenvalue weighted by Crippen LogP contribution is 2.19. The molecule has 2 aromatic rings. The molecule has 1 saturated carbocycles. The molecule has 3 rings (SSSR count). The Morgan fingerprint density at radius 1 is 0.893 bits per heavy atom. The third kappa shape index (κ3) is 6.27. The third-order valence-corrected chi connectivity index (χ3v) is 5.26. The Balaban J connectivity index is 1.34. The molecule has 28 heavy (non-hydrogen) atoms. The van der Waals surface area contributed by atoms with Gasteiger partial charge in [-0.2, -0.15) is 0 Å². The van der Waals surface area contributed by atoms with Crippen molar-refractivity contribution >= 4 is 23.5 Å². The number of rotatable bonds is 6. The summed E-state index contributed by atoms with van der Waals surface area (Å²) >= 11 is 5.94. The van der Waals surface area contributed by atoms with E-state index < -0.39 is 0 Å². The van der Waals surface area contributed by atoms with Crippen LogP contribution in [0.15, 0.2) is 54.6 Å². The van der Waals surface area contributed by atoms with E-state index in [0.29, 0.717) is 17.1 Å². The van der Waals surface area contributed by atoms with Crippen LogP contribution in [0.5, 0.6) is 0 Å². The van der Waals surface area contributed by atoms with Crippen molar-refractivity contribution in [1.29, 1.82) is 0 Å². The van der Waals surface area contributed by atoms with E-state index in [0.717, 1.165) is 32.1 Å². The summed E-state index contributed by atoms with van der Waals surface area (Å²) in [5.41, 5.74) is 1.78. The number of nitrogens with one attached hydrogen (secondary N) is 3. The Bertz CT molecular complexity index is 789. The van der Waals surface area contributed by atoms with Crippen molar-refractivity contribution < 1.29 is 9.59 Å². The fraction of sp³-hybridized carbons (Fsp3) is 0.364. The van der Waals surface area contributed by atoms with Crippen LogP contribution in [0.3, 0.4) is 0 Å². The summed E-state index contributed by atoms with van der Waals surface area (Å²) < 4.78 is 0. The Morgan fingerprint density at radius 3 is 2.25 bits per heavy atom. The molecule has 1 fully saturated rings. The Hall–Kier alpha value is -2.53. The summed E-state index contributed by atoms with van der Waals surface area (Å²) in [6.45, 7) is 0.612. The number of carbonyl (C=O) groups excluding carboxylic acids is 2. The molecule has 0 spiro atoms. The second-order valence-electron chi connectivity index (χ2n) is 7.17. The lowest BCUT2D eigenvalue weighted by atomic mass is 9.91. The maximum Gasteiger partial charge on any atom is 0.315 e. The zero-order chi connectivity index (χ0) is 19.8. The highest BCUT2D eigenvalue weighted by molar-refractivity contribution is 6.30. The fourth-order valence-corrected chi connectivity index (χ4v) is 3.67. The maximum atomic E-state index is 12.3. The summed E-state index contributed by atoms with van der Waals surface area (Å²) in [5, 5.41) is 9.57. The van der Waals surface area contributed by atoms with E-state index in [2.05, 4.69) is 28.1 Å². The lowest BCUT2D eigenvalue weighted by molar-refractivity contribution is 0.0924. The van der Waals surface area contributed by atoms with Crippen LogP contribution in [0.4, 0.5) is 4.79 Å². The van der Waals surface area contributed by atoms with E-state index in [1.807, 2.05) is 18.2 Å². The van der Waals surface area contributed by atoms with Gasteiger partial charge in [0, 0.05) is 29.2 Å². The molecule has 1 aliphatic carbocycles. The van der Waals surface area contributed by atoms with E-state index in [1.54, 1.807) is 24.3 Å². The quantitative estimate of drug-likeness (QED) is 0.688. The molecule has 0 heterocycles. The largest absolute Gasteiger partial charge is 0.349 e. The summed E-state index contributed by atoms with van der Waals surface area (Å²) in [6, 6.07) is 17.2. The zero-order valence-corrected chi connectivity index (χ0v) is 16.5. The van der Waals surface area contributed by atoms with Crippen LogP contribution < -0.4 is 16.0 Å². The fourth-order valence-electron chi connectivity index (χ4n) is 3.48. The molecule has 6 heteroatoms. The van der Waals surface area contributed by atoms with Crippen LogP contribution in [0.1, 0.15) is 41.6 Å². The molecule has 0 radical (unpaired) electrons. The van der Waals surface area contributed by atoms with Gasteiger partial charge in [-0.1, -0.05) is 48.0 Å². The van der Waals surface area contributed by atoms with Gasteiger partial charge in [0.05, 0.1) is 0 Å². The standard InChI is InChI=1S/C22H26ClN3O2/c23-18-8-4-7-17(15-18)21(27)25-19-9-11-20(12-10-19)26-22(28)24-14-13-16-5-2-1-3-6-16/h1-8,15,19-20H,9-14H2,(H,25,27)(H2,24,26,28). The molecule has 1 aliphatic rings. The van der Waals surface area contributed by atoms with Crippen molar-refractivity contribution in [3.63, 3.8) is 0 Å². The van der Waals surface area contributed by atoms with Crippen LogP contribution in [0, 0.1) is 0 Å². The summed E-state index contributed by atoms with van der Waals surface area (Å²) in [7, 11) is 0. The van der Waals surface area contributed by atoms with E-state index in [9.17, 15) is 9.59 Å². The molecule has 148 valence electrons. The maximum absolute atomic E-state index is 12.3. The smallest absolute Gasteiger partial charge is 0.315 e. The normalized spacial score (nSPS) is 18.9. The highest BCUT2D eigenvalue weighted by Gasteiger charge is 2.23. The molecule has 2 aromatic carbocycles. The third-order valence-electron chi connectivity index (χ3n) is 5.03. The van der Waals surface area contributed by atoms with E-state index in [-0.39, 0.29) is 24.0 Å². The molecule has 3 amide bonds. The molecule has 0 unspecified atom stereocenters. The molecular weight excluding hydrogens is 374 g/mol. The lowest BCUT2D eigenvalue weighted by Gasteiger charge is -2.29. The Labute approximate surface area is 170 Å². The molecule has 0 aromatic heterocycles. The first kappa shape index (κ1) is 20.2. The molecule has 0 saturated heterocycles. The van der Waals surface area contributed by atoms with Gasteiger partial charge < -0.3 is 16.0 Å². The van der Waals surface area contributed by atoms with E-state index in [4.69, 9.17) is 11.6 Å². The topological polar surface area (TPSA) is 70.2 Å². The van der Waals surface area contributed by atoms with Crippen molar-refractivity contribution in [2.24, 2.45) is 0 Å². The van der Waals surface area contributed by atoms with Crippen LogP contribution in [-0.2, 0) is 6.42 Å². The lowest BCUT2D eigenvalue weighted by Crippen LogP contribution is -2.47. The predicted molar refractivity (Wildman–Crippen MR) is 112 cm³/mol. The van der Waals surface area contributed by atoms with Gasteiger partial charge in [0.15, 0.2) is 0 Å². The van der Waals surface area contributed by atoms with Crippen LogP contribution in [-0.4, -0.2) is 30.6 Å². The van der Waals surface area contributed by atoms with Gasteiger partial charge in [-0.05, 0) is 55.9 Å². The number of benzene rings is 2. The summed E-state index contributed by atoms with van der Waals surface area (Å²) in [5.74, 6) is -0.0995. The van der Waals surface area contributed by atoms with E-state index >= 15 is 0 Å². The number of amides is 3. The summed E-state index contributed by atoms with van der Waals surface area (Å²) in [4.78, 5) is 24.4. The van der Waals surface area contributed by atoms with Gasteiger partial charge in [0.1, 0.15) is 0 Å². The number of hydrogen-bond donors (Lipinski definition) is 3. The first-order chi connectivity index (χ1) is 13.6. The monoisotopic (exact) mass is 399 g/mol. The SMILES string of the molecule is O=C(NCCc1ccccc1)NC1CCC(NC(=O)c2cccc(Cl)c2)CC1. The Kier molecular flexibility index (Phi) is 7.31.